The van der Waals surface area contributed by atoms with E-state index in [1.54, 1.807) is 31.4 Å². The molecule has 0 unspecified atom stereocenters. The average molecular weight is 478 g/mol. The maximum absolute atomic E-state index is 14.1. The maximum Gasteiger partial charge on any atom is 0.173 e. The van der Waals surface area contributed by atoms with Crippen LogP contribution in [0, 0.1) is 11.6 Å². The molecule has 4 aromatic rings. The molecule has 0 fully saturated rings. The Morgan fingerprint density at radius 1 is 0.857 bits per heavy atom. The Balaban J connectivity index is 1.67. The summed E-state index contributed by atoms with van der Waals surface area (Å²) in [5, 5.41) is 11.9. The molecule has 0 saturated carbocycles. The molecule has 0 aliphatic rings. The van der Waals surface area contributed by atoms with Gasteiger partial charge < -0.3 is 14.3 Å². The Kier molecular flexibility index (Phi) is 7.63. The molecular weight excluding hydrogens is 448 g/mol. The molecule has 1 aromatic heterocycles. The molecule has 0 bridgehead atoms. The van der Waals surface area contributed by atoms with Crippen molar-refractivity contribution < 1.29 is 23.0 Å². The van der Waals surface area contributed by atoms with Crippen molar-refractivity contribution in [1.29, 1.82) is 0 Å². The van der Waals surface area contributed by atoms with Gasteiger partial charge in [-0.3, -0.25) is 4.90 Å². The average Bonchev–Trinajstić information content (AvgIpc) is 3.33. The van der Waals surface area contributed by atoms with E-state index >= 15 is 0 Å². The van der Waals surface area contributed by atoms with Crippen LogP contribution in [0.25, 0.3) is 0 Å². The lowest BCUT2D eigenvalue weighted by molar-refractivity contribution is 0.0945. The summed E-state index contributed by atoms with van der Waals surface area (Å²) in [7, 11) is 1.65. The highest BCUT2D eigenvalue weighted by atomic mass is 19.1. The Bertz CT molecular complexity index is 1220. The molecule has 0 aliphatic heterocycles. The minimum absolute atomic E-state index is 0.192. The Morgan fingerprint density at radius 3 is 2.11 bits per heavy atom. The largest absolute Gasteiger partial charge is 0.496 e. The molecule has 0 saturated heterocycles. The smallest absolute Gasteiger partial charge is 0.173 e. The lowest BCUT2D eigenvalue weighted by Crippen LogP contribution is -2.28. The lowest BCUT2D eigenvalue weighted by atomic mass is 9.84. The summed E-state index contributed by atoms with van der Waals surface area (Å²) in [4.78, 5) is 2.23. The molecular formula is C29H29F2NO3. The van der Waals surface area contributed by atoms with E-state index in [0.717, 1.165) is 24.3 Å². The van der Waals surface area contributed by atoms with E-state index in [9.17, 15) is 13.9 Å². The van der Waals surface area contributed by atoms with E-state index in [-0.39, 0.29) is 16.9 Å². The van der Waals surface area contributed by atoms with E-state index < -0.39 is 17.2 Å². The molecule has 6 heteroatoms. The summed E-state index contributed by atoms with van der Waals surface area (Å²) in [6.45, 7) is 4.09. The zero-order valence-electron chi connectivity index (χ0n) is 19.9. The number of furan rings is 1. The predicted octanol–water partition coefficient (Wildman–Crippen LogP) is 6.26. The SMILES string of the molecule is CCCN(Cc1ccc(C(O)(c2cccc(F)c2)c2cccc(F)c2)o1)Cc1ccccc1OC. The molecule has 0 amide bonds. The third-order valence-corrected chi connectivity index (χ3v) is 6.01. The highest BCUT2D eigenvalue weighted by Crippen LogP contribution is 2.38. The van der Waals surface area contributed by atoms with Gasteiger partial charge in [-0.1, -0.05) is 49.4 Å². The fourth-order valence-electron chi connectivity index (χ4n) is 4.36. The van der Waals surface area contributed by atoms with Gasteiger partial charge in [0.05, 0.1) is 13.7 Å². The number of halogens is 2. The van der Waals surface area contributed by atoms with Gasteiger partial charge in [0.2, 0.25) is 0 Å². The molecule has 1 heterocycles. The van der Waals surface area contributed by atoms with Crippen LogP contribution in [0.3, 0.4) is 0 Å². The van der Waals surface area contributed by atoms with Crippen molar-refractivity contribution in [1.82, 2.24) is 4.90 Å². The topological polar surface area (TPSA) is 45.8 Å². The highest BCUT2D eigenvalue weighted by Gasteiger charge is 2.38. The highest BCUT2D eigenvalue weighted by molar-refractivity contribution is 5.44. The van der Waals surface area contributed by atoms with Crippen molar-refractivity contribution in [2.75, 3.05) is 13.7 Å². The van der Waals surface area contributed by atoms with Gasteiger partial charge >= 0.3 is 0 Å². The summed E-state index contributed by atoms with van der Waals surface area (Å²) in [6.07, 6.45) is 0.944. The van der Waals surface area contributed by atoms with Gasteiger partial charge in [-0.25, -0.2) is 8.78 Å². The zero-order chi connectivity index (χ0) is 24.8. The van der Waals surface area contributed by atoms with Crippen molar-refractivity contribution in [2.45, 2.75) is 32.0 Å². The van der Waals surface area contributed by atoms with Crippen LogP contribution >= 0.6 is 0 Å². The van der Waals surface area contributed by atoms with Gasteiger partial charge in [-0.2, -0.15) is 0 Å². The first-order valence-corrected chi connectivity index (χ1v) is 11.6. The van der Waals surface area contributed by atoms with Crippen LogP contribution in [0.2, 0.25) is 0 Å². The number of benzene rings is 3. The van der Waals surface area contributed by atoms with E-state index in [0.29, 0.717) is 18.8 Å². The summed E-state index contributed by atoms with van der Waals surface area (Å²) < 4.78 is 39.8. The molecule has 3 aromatic carbocycles. The lowest BCUT2D eigenvalue weighted by Gasteiger charge is -2.27. The van der Waals surface area contributed by atoms with Crippen molar-refractivity contribution >= 4 is 0 Å². The van der Waals surface area contributed by atoms with Crippen LogP contribution in [0.4, 0.5) is 8.78 Å². The minimum atomic E-state index is -1.86. The number of ether oxygens (including phenoxy) is 1. The van der Waals surface area contributed by atoms with Crippen molar-refractivity contribution in [3.05, 3.63) is 125 Å². The van der Waals surface area contributed by atoms with E-state index in [2.05, 4.69) is 11.8 Å². The first kappa shape index (κ1) is 24.6. The second-order valence-electron chi connectivity index (χ2n) is 8.52. The summed E-state index contributed by atoms with van der Waals surface area (Å²) in [5.74, 6) is 0.636. The molecule has 0 aliphatic carbocycles. The summed E-state index contributed by atoms with van der Waals surface area (Å²) in [5.41, 5.74) is -0.293. The number of hydrogen-bond donors (Lipinski definition) is 1. The second-order valence-corrected chi connectivity index (χ2v) is 8.52. The number of hydrogen-bond acceptors (Lipinski definition) is 4. The van der Waals surface area contributed by atoms with Crippen LogP contribution in [0.5, 0.6) is 5.75 Å². The Labute approximate surface area is 204 Å². The fourth-order valence-corrected chi connectivity index (χ4v) is 4.36. The third kappa shape index (κ3) is 5.45. The Hall–Kier alpha value is -3.48. The van der Waals surface area contributed by atoms with E-state index in [1.807, 2.05) is 24.3 Å². The molecule has 182 valence electrons. The molecule has 1 N–H and O–H groups in total. The summed E-state index contributed by atoms with van der Waals surface area (Å²) in [6, 6.07) is 22.6. The van der Waals surface area contributed by atoms with E-state index in [1.165, 1.54) is 36.4 Å². The van der Waals surface area contributed by atoms with Crippen LogP contribution in [-0.2, 0) is 18.7 Å². The molecule has 0 radical (unpaired) electrons. The normalized spacial score (nSPS) is 11.7. The maximum atomic E-state index is 14.1. The van der Waals surface area contributed by atoms with E-state index in [4.69, 9.17) is 9.15 Å². The molecule has 0 atom stereocenters. The zero-order valence-corrected chi connectivity index (χ0v) is 19.9. The molecule has 35 heavy (non-hydrogen) atoms. The molecule has 4 rings (SSSR count). The number of para-hydroxylation sites is 1. The number of nitrogens with zero attached hydrogens (tertiary/aromatic N) is 1. The van der Waals surface area contributed by atoms with Crippen LogP contribution in [0.15, 0.2) is 89.3 Å². The van der Waals surface area contributed by atoms with Gasteiger partial charge in [0, 0.05) is 12.1 Å². The van der Waals surface area contributed by atoms with Crippen LogP contribution < -0.4 is 4.74 Å². The van der Waals surface area contributed by atoms with Crippen LogP contribution in [0.1, 0.15) is 41.6 Å². The first-order valence-electron chi connectivity index (χ1n) is 11.6. The van der Waals surface area contributed by atoms with Crippen molar-refractivity contribution in [3.63, 3.8) is 0 Å². The van der Waals surface area contributed by atoms with Gasteiger partial charge in [0.15, 0.2) is 5.60 Å². The molecule has 4 nitrogen and oxygen atoms in total. The predicted molar refractivity (Wildman–Crippen MR) is 131 cm³/mol. The van der Waals surface area contributed by atoms with Crippen molar-refractivity contribution in [2.24, 2.45) is 0 Å². The van der Waals surface area contributed by atoms with Gasteiger partial charge in [0.1, 0.15) is 28.9 Å². The minimum Gasteiger partial charge on any atom is -0.496 e. The second kappa shape index (κ2) is 10.8. The van der Waals surface area contributed by atoms with Crippen molar-refractivity contribution in [3.8, 4) is 5.75 Å². The van der Waals surface area contributed by atoms with Crippen LogP contribution in [-0.4, -0.2) is 23.7 Å². The monoisotopic (exact) mass is 477 g/mol. The quantitative estimate of drug-likeness (QED) is 0.293. The fraction of sp³-hybridized carbons (Fsp3) is 0.241. The van der Waals surface area contributed by atoms with Gasteiger partial charge in [-0.15, -0.1) is 0 Å². The number of aliphatic hydroxyl groups is 1. The van der Waals surface area contributed by atoms with Gasteiger partial charge in [-0.05, 0) is 66.6 Å². The number of methoxy groups -OCH3 is 1. The standard InChI is InChI=1S/C29H29F2NO3/c1-3-16-32(19-21-8-4-5-13-27(21)34-2)20-26-14-15-28(35-26)29(33,22-9-6-11-24(30)17-22)23-10-7-12-25(31)18-23/h4-15,17-18,33H,3,16,19-20H2,1-2H3. The number of rotatable bonds is 10. The first-order chi connectivity index (χ1) is 16.9. The summed E-state index contributed by atoms with van der Waals surface area (Å²) >= 11 is 0. The third-order valence-electron chi connectivity index (χ3n) is 6.01. The molecule has 0 spiro atoms. The van der Waals surface area contributed by atoms with Gasteiger partial charge in [0.25, 0.3) is 0 Å². The Morgan fingerprint density at radius 2 is 1.51 bits per heavy atom.